The average molecular weight is 392 g/mol. The number of aromatic carboxylic acids is 1. The minimum Gasteiger partial charge on any atom is -0.497 e. The molecule has 1 aromatic heterocycles. The number of carboxylic acid groups (broad SMARTS) is 1. The van der Waals surface area contributed by atoms with Crippen LogP contribution in [0.15, 0.2) is 60.9 Å². The van der Waals surface area contributed by atoms with E-state index in [0.29, 0.717) is 22.7 Å². The number of carbonyl (C=O) groups is 3. The number of rotatable bonds is 6. The predicted molar refractivity (Wildman–Crippen MR) is 104 cm³/mol. The van der Waals surface area contributed by atoms with Crippen LogP contribution in [-0.4, -0.2) is 40.0 Å². The number of methoxy groups -OCH3 is 1. The summed E-state index contributed by atoms with van der Waals surface area (Å²) in [5.74, 6) is -1.72. The number of aromatic nitrogens is 2. The van der Waals surface area contributed by atoms with Gasteiger partial charge in [0.25, 0.3) is 11.8 Å². The first-order valence-electron chi connectivity index (χ1n) is 8.39. The van der Waals surface area contributed by atoms with Crippen LogP contribution in [0.4, 0.5) is 11.4 Å². The molecule has 1 heterocycles. The Bertz CT molecular complexity index is 1050. The Morgan fingerprint density at radius 3 is 1.86 bits per heavy atom. The standard InChI is InChI=1S/C20H16N4O5/c1-29-15-8-6-14(7-9-15)23-18(25)12-2-4-13(5-3-12)24-19(26)16-17(20(27)28)22-11-10-21-16/h2-11H,1H3,(H,23,25)(H,24,26)(H,27,28). The van der Waals surface area contributed by atoms with Gasteiger partial charge >= 0.3 is 5.97 Å². The lowest BCUT2D eigenvalue weighted by molar-refractivity contribution is 0.0684. The van der Waals surface area contributed by atoms with E-state index >= 15 is 0 Å². The van der Waals surface area contributed by atoms with Crippen LogP contribution in [0.5, 0.6) is 5.75 Å². The number of ether oxygens (including phenoxy) is 1. The van der Waals surface area contributed by atoms with Crippen molar-refractivity contribution in [2.24, 2.45) is 0 Å². The maximum Gasteiger partial charge on any atom is 0.356 e. The van der Waals surface area contributed by atoms with E-state index in [9.17, 15) is 14.4 Å². The smallest absolute Gasteiger partial charge is 0.356 e. The highest BCUT2D eigenvalue weighted by molar-refractivity contribution is 6.09. The van der Waals surface area contributed by atoms with Crippen LogP contribution < -0.4 is 15.4 Å². The first-order chi connectivity index (χ1) is 14.0. The van der Waals surface area contributed by atoms with Crippen molar-refractivity contribution in [3.8, 4) is 5.75 Å². The topological polar surface area (TPSA) is 131 Å². The Morgan fingerprint density at radius 2 is 1.31 bits per heavy atom. The Balaban J connectivity index is 1.67. The summed E-state index contributed by atoms with van der Waals surface area (Å²) in [7, 11) is 1.56. The molecule has 0 aliphatic rings. The average Bonchev–Trinajstić information content (AvgIpc) is 2.74. The van der Waals surface area contributed by atoms with Crippen LogP contribution in [-0.2, 0) is 0 Å². The molecule has 146 valence electrons. The van der Waals surface area contributed by atoms with Gasteiger partial charge in [-0.25, -0.2) is 14.8 Å². The third kappa shape index (κ3) is 4.72. The van der Waals surface area contributed by atoms with Crippen molar-refractivity contribution in [2.45, 2.75) is 0 Å². The summed E-state index contributed by atoms with van der Waals surface area (Å²) in [4.78, 5) is 43.2. The van der Waals surface area contributed by atoms with E-state index in [4.69, 9.17) is 9.84 Å². The van der Waals surface area contributed by atoms with E-state index in [1.807, 2.05) is 0 Å². The summed E-state index contributed by atoms with van der Waals surface area (Å²) < 4.78 is 5.07. The first-order valence-corrected chi connectivity index (χ1v) is 8.39. The number of nitrogens with zero attached hydrogens (tertiary/aromatic N) is 2. The van der Waals surface area contributed by atoms with Crippen molar-refractivity contribution < 1.29 is 24.2 Å². The van der Waals surface area contributed by atoms with E-state index in [-0.39, 0.29) is 11.6 Å². The molecular formula is C20H16N4O5. The van der Waals surface area contributed by atoms with Crippen LogP contribution >= 0.6 is 0 Å². The quantitative estimate of drug-likeness (QED) is 0.588. The number of nitrogens with one attached hydrogen (secondary N) is 2. The lowest BCUT2D eigenvalue weighted by Gasteiger charge is -2.08. The molecule has 0 spiro atoms. The monoisotopic (exact) mass is 392 g/mol. The lowest BCUT2D eigenvalue weighted by atomic mass is 10.1. The fourth-order valence-electron chi connectivity index (χ4n) is 2.43. The molecule has 0 unspecified atom stereocenters. The Hall–Kier alpha value is -4.27. The number of anilines is 2. The van der Waals surface area contributed by atoms with Crippen molar-refractivity contribution >= 4 is 29.2 Å². The van der Waals surface area contributed by atoms with Crippen LogP contribution in [0.25, 0.3) is 0 Å². The van der Waals surface area contributed by atoms with Gasteiger partial charge in [-0.3, -0.25) is 9.59 Å². The Morgan fingerprint density at radius 1 is 0.793 bits per heavy atom. The second kappa shape index (κ2) is 8.61. The lowest BCUT2D eigenvalue weighted by Crippen LogP contribution is -2.19. The summed E-state index contributed by atoms with van der Waals surface area (Å²) in [6.45, 7) is 0. The van der Waals surface area contributed by atoms with Gasteiger partial charge in [0.2, 0.25) is 0 Å². The van der Waals surface area contributed by atoms with Crippen LogP contribution in [0.3, 0.4) is 0 Å². The zero-order valence-corrected chi connectivity index (χ0v) is 15.2. The third-order valence-electron chi connectivity index (χ3n) is 3.87. The number of hydrogen-bond donors (Lipinski definition) is 3. The minimum atomic E-state index is -1.35. The summed E-state index contributed by atoms with van der Waals surface area (Å²) in [6, 6.07) is 13.0. The van der Waals surface area contributed by atoms with Gasteiger partial charge in [0, 0.05) is 29.3 Å². The SMILES string of the molecule is COc1ccc(NC(=O)c2ccc(NC(=O)c3nccnc3C(=O)O)cc2)cc1. The molecule has 0 atom stereocenters. The minimum absolute atomic E-state index is 0.304. The molecule has 3 aromatic rings. The highest BCUT2D eigenvalue weighted by Gasteiger charge is 2.19. The van der Waals surface area contributed by atoms with Crippen LogP contribution in [0, 0.1) is 0 Å². The van der Waals surface area contributed by atoms with Crippen LogP contribution in [0.1, 0.15) is 31.3 Å². The maximum atomic E-state index is 12.3. The molecule has 2 aromatic carbocycles. The summed E-state index contributed by atoms with van der Waals surface area (Å²) in [6.07, 6.45) is 2.42. The number of benzene rings is 2. The molecule has 0 aliphatic heterocycles. The van der Waals surface area contributed by atoms with Crippen LogP contribution in [0.2, 0.25) is 0 Å². The largest absolute Gasteiger partial charge is 0.497 e. The fourth-order valence-corrected chi connectivity index (χ4v) is 2.43. The molecule has 0 radical (unpaired) electrons. The van der Waals surface area contributed by atoms with Gasteiger partial charge in [-0.2, -0.15) is 0 Å². The second-order valence-electron chi connectivity index (χ2n) is 5.77. The zero-order chi connectivity index (χ0) is 20.8. The van der Waals surface area contributed by atoms with Crippen molar-refractivity contribution in [1.29, 1.82) is 0 Å². The number of hydrogen-bond acceptors (Lipinski definition) is 6. The molecule has 3 rings (SSSR count). The predicted octanol–water partition coefficient (Wildman–Crippen LogP) is 2.69. The van der Waals surface area contributed by atoms with Crippen molar-refractivity contribution in [3.05, 3.63) is 77.9 Å². The molecule has 0 aliphatic carbocycles. The van der Waals surface area contributed by atoms with E-state index in [1.54, 1.807) is 31.4 Å². The number of carboxylic acids is 1. The van der Waals surface area contributed by atoms with Crippen molar-refractivity contribution in [3.63, 3.8) is 0 Å². The summed E-state index contributed by atoms with van der Waals surface area (Å²) >= 11 is 0. The van der Waals surface area contributed by atoms with Crippen molar-refractivity contribution in [2.75, 3.05) is 17.7 Å². The number of carbonyl (C=O) groups excluding carboxylic acids is 2. The molecule has 0 saturated carbocycles. The number of amides is 2. The first kappa shape index (κ1) is 19.5. The van der Waals surface area contributed by atoms with E-state index in [0.717, 1.165) is 0 Å². The Labute approximate surface area is 165 Å². The van der Waals surface area contributed by atoms with Gasteiger partial charge in [0.1, 0.15) is 5.75 Å². The molecule has 3 N–H and O–H groups in total. The van der Waals surface area contributed by atoms with E-state index in [1.165, 1.54) is 36.7 Å². The van der Waals surface area contributed by atoms with E-state index in [2.05, 4.69) is 20.6 Å². The van der Waals surface area contributed by atoms with Gasteiger partial charge in [0.15, 0.2) is 11.4 Å². The molecule has 0 bridgehead atoms. The van der Waals surface area contributed by atoms with Gasteiger partial charge in [0.05, 0.1) is 7.11 Å². The molecule has 2 amide bonds. The highest BCUT2D eigenvalue weighted by Crippen LogP contribution is 2.17. The summed E-state index contributed by atoms with van der Waals surface area (Å²) in [5, 5.41) is 14.4. The maximum absolute atomic E-state index is 12.3. The molecule has 9 nitrogen and oxygen atoms in total. The molecule has 0 fully saturated rings. The van der Waals surface area contributed by atoms with Gasteiger partial charge < -0.3 is 20.5 Å². The summed E-state index contributed by atoms with van der Waals surface area (Å²) in [5.41, 5.74) is 0.612. The fraction of sp³-hybridized carbons (Fsp3) is 0.0500. The normalized spacial score (nSPS) is 10.1. The zero-order valence-electron chi connectivity index (χ0n) is 15.2. The molecular weight excluding hydrogens is 376 g/mol. The highest BCUT2D eigenvalue weighted by atomic mass is 16.5. The molecule has 0 saturated heterocycles. The Kier molecular flexibility index (Phi) is 5.79. The van der Waals surface area contributed by atoms with Gasteiger partial charge in [-0.1, -0.05) is 0 Å². The molecule has 9 heteroatoms. The van der Waals surface area contributed by atoms with E-state index < -0.39 is 17.6 Å². The molecule has 29 heavy (non-hydrogen) atoms. The second-order valence-corrected chi connectivity index (χ2v) is 5.77. The van der Waals surface area contributed by atoms with Gasteiger partial charge in [-0.05, 0) is 48.5 Å². The third-order valence-corrected chi connectivity index (χ3v) is 3.87. The van der Waals surface area contributed by atoms with Gasteiger partial charge in [-0.15, -0.1) is 0 Å². The van der Waals surface area contributed by atoms with Crippen molar-refractivity contribution in [1.82, 2.24) is 9.97 Å².